The summed E-state index contributed by atoms with van der Waals surface area (Å²) >= 11 is 6.94. The summed E-state index contributed by atoms with van der Waals surface area (Å²) < 4.78 is 17.6. The quantitative estimate of drug-likeness (QED) is 0.377. The summed E-state index contributed by atoms with van der Waals surface area (Å²) in [6, 6.07) is 8.66. The zero-order valence-corrected chi connectivity index (χ0v) is 20.1. The van der Waals surface area contributed by atoms with Crippen molar-refractivity contribution in [3.05, 3.63) is 44.8 Å². The van der Waals surface area contributed by atoms with Crippen molar-refractivity contribution >= 4 is 40.2 Å². The van der Waals surface area contributed by atoms with Crippen LogP contribution in [0.2, 0.25) is 0 Å². The fraction of sp³-hybridized carbons (Fsp3) is 0.368. The lowest BCUT2D eigenvalue weighted by Crippen LogP contribution is -1.97. The van der Waals surface area contributed by atoms with E-state index in [-0.39, 0.29) is 18.0 Å². The Morgan fingerprint density at radius 1 is 1.04 bits per heavy atom. The predicted octanol–water partition coefficient (Wildman–Crippen LogP) is 7.15. The molecule has 2 aromatic rings. The first kappa shape index (κ1) is 24.2. The Morgan fingerprint density at radius 3 is 2.15 bits per heavy atom. The van der Waals surface area contributed by atoms with Crippen molar-refractivity contribution in [2.45, 2.75) is 33.6 Å². The van der Waals surface area contributed by atoms with Crippen LogP contribution in [-0.4, -0.2) is 23.5 Å². The zero-order valence-electron chi connectivity index (χ0n) is 16.0. The lowest BCUT2D eigenvalue weighted by atomic mass is 10.0. The van der Waals surface area contributed by atoms with Gasteiger partial charge >= 0.3 is 0 Å². The van der Waals surface area contributed by atoms with Crippen molar-refractivity contribution in [2.75, 3.05) is 13.5 Å². The maximum Gasteiger partial charge on any atom is 0.208 e. The molecule has 0 saturated carbocycles. The van der Waals surface area contributed by atoms with Crippen LogP contribution in [0.15, 0.2) is 39.3 Å². The van der Waals surface area contributed by atoms with Crippen LogP contribution in [0.25, 0.3) is 0 Å². The smallest absolute Gasteiger partial charge is 0.208 e. The highest BCUT2D eigenvalue weighted by atomic mass is 79.9. The predicted molar refractivity (Wildman–Crippen MR) is 117 cm³/mol. The molecule has 2 aromatic carbocycles. The lowest BCUT2D eigenvalue weighted by Gasteiger charge is -2.15. The third-order valence-electron chi connectivity index (χ3n) is 3.37. The summed E-state index contributed by atoms with van der Waals surface area (Å²) in [6.07, 6.45) is 0.0840. The van der Waals surface area contributed by atoms with Gasteiger partial charge in [-0.1, -0.05) is 27.7 Å². The molecule has 0 fully saturated rings. The molecule has 0 heterocycles. The molecule has 0 aliphatic rings. The summed E-state index contributed by atoms with van der Waals surface area (Å²) in [4.78, 5) is 9.45. The van der Waals surface area contributed by atoms with Gasteiger partial charge in [0.15, 0.2) is 12.1 Å². The summed E-state index contributed by atoms with van der Waals surface area (Å²) in [5.41, 5.74) is 0.820. The van der Waals surface area contributed by atoms with Crippen LogP contribution in [0.3, 0.4) is 0 Å². The van der Waals surface area contributed by atoms with Gasteiger partial charge in [0.1, 0.15) is 17.2 Å². The van der Waals surface area contributed by atoms with Crippen molar-refractivity contribution in [3.8, 4) is 23.0 Å². The molecule has 0 aliphatic heterocycles. The van der Waals surface area contributed by atoms with Crippen LogP contribution in [0.1, 0.15) is 39.2 Å². The second-order valence-corrected chi connectivity index (χ2v) is 8.54. The van der Waals surface area contributed by atoms with E-state index >= 15 is 0 Å². The van der Waals surface area contributed by atoms with E-state index in [0.717, 1.165) is 5.56 Å². The van der Waals surface area contributed by atoms with Gasteiger partial charge in [0.2, 0.25) is 8.38 Å². The summed E-state index contributed by atoms with van der Waals surface area (Å²) in [6.45, 7) is 8.01. The third kappa shape index (κ3) is 7.24. The van der Waals surface area contributed by atoms with Crippen LogP contribution in [-0.2, 0) is 4.52 Å². The lowest BCUT2D eigenvalue weighted by molar-refractivity contribution is 0.320. The van der Waals surface area contributed by atoms with E-state index in [4.69, 9.17) is 14.0 Å². The maximum atomic E-state index is 9.92. The number of phenolic OH excluding ortho intramolecular Hbond substituents is 1. The Hall–Kier alpha value is -0.850. The molecule has 0 bridgehead atoms. The van der Waals surface area contributed by atoms with Crippen molar-refractivity contribution in [2.24, 2.45) is 0 Å². The standard InChI is InChI=1S/C17H19Br2O5P.C2H6/c1-10(2)13-6-11(4-5-16(13)20)24-17-14(18)7-12(8-15(17)19)23-9-25(21)22-3;1-2/h4-8,10,20-21H,9H2,1-3H3;1-2H3. The third-order valence-corrected chi connectivity index (χ3v) is 5.31. The molecule has 2 N–H and O–H groups in total. The van der Waals surface area contributed by atoms with Gasteiger partial charge in [0.25, 0.3) is 0 Å². The van der Waals surface area contributed by atoms with E-state index in [1.54, 1.807) is 24.3 Å². The molecule has 150 valence electrons. The summed E-state index contributed by atoms with van der Waals surface area (Å²) in [7, 11) is -0.158. The van der Waals surface area contributed by atoms with Gasteiger partial charge < -0.3 is 24.0 Å². The van der Waals surface area contributed by atoms with Gasteiger partial charge in [0.05, 0.1) is 8.95 Å². The molecular weight excluding hydrogens is 499 g/mol. The van der Waals surface area contributed by atoms with E-state index in [9.17, 15) is 10.00 Å². The molecule has 1 unspecified atom stereocenters. The first-order chi connectivity index (χ1) is 12.8. The molecule has 5 nitrogen and oxygen atoms in total. The molecule has 1 atom stereocenters. The molecule has 0 spiro atoms. The maximum absolute atomic E-state index is 9.92. The number of hydrogen-bond acceptors (Lipinski definition) is 5. The minimum absolute atomic E-state index is 0.0840. The fourth-order valence-corrected chi connectivity index (χ4v) is 3.75. The minimum atomic E-state index is -1.59. The van der Waals surface area contributed by atoms with Gasteiger partial charge in [-0.15, -0.1) is 0 Å². The average molecular weight is 524 g/mol. The number of halogens is 2. The van der Waals surface area contributed by atoms with Crippen molar-refractivity contribution in [1.29, 1.82) is 0 Å². The topological polar surface area (TPSA) is 68.2 Å². The number of benzene rings is 2. The Labute approximate surface area is 178 Å². The largest absolute Gasteiger partial charge is 0.508 e. The van der Waals surface area contributed by atoms with Crippen LogP contribution in [0, 0.1) is 0 Å². The zero-order chi connectivity index (χ0) is 20.6. The van der Waals surface area contributed by atoms with Crippen LogP contribution in [0.5, 0.6) is 23.0 Å². The first-order valence-corrected chi connectivity index (χ1v) is 11.4. The Balaban J connectivity index is 0.00000176. The number of aromatic hydroxyl groups is 1. The molecule has 27 heavy (non-hydrogen) atoms. The SMILES string of the molecule is CC.COP(O)COc1cc(Br)c(Oc2ccc(O)c(C(C)C)c2)c(Br)c1. The Bertz CT molecular complexity index is 717. The van der Waals surface area contributed by atoms with Crippen molar-refractivity contribution in [1.82, 2.24) is 0 Å². The Morgan fingerprint density at radius 2 is 1.63 bits per heavy atom. The van der Waals surface area contributed by atoms with Crippen LogP contribution < -0.4 is 9.47 Å². The first-order valence-electron chi connectivity index (χ1n) is 8.45. The van der Waals surface area contributed by atoms with E-state index in [1.807, 2.05) is 33.8 Å². The van der Waals surface area contributed by atoms with Crippen LogP contribution >= 0.6 is 40.2 Å². The average Bonchev–Trinajstić information content (AvgIpc) is 2.65. The molecular formula is C19H25Br2O5P. The molecule has 0 aliphatic carbocycles. The second-order valence-electron chi connectivity index (χ2n) is 5.50. The molecule has 2 rings (SSSR count). The summed E-state index contributed by atoms with van der Waals surface area (Å²) in [5, 5.41) is 9.92. The highest BCUT2D eigenvalue weighted by Crippen LogP contribution is 2.42. The van der Waals surface area contributed by atoms with Gasteiger partial charge in [0, 0.05) is 12.7 Å². The van der Waals surface area contributed by atoms with Crippen molar-refractivity contribution in [3.63, 3.8) is 0 Å². The van der Waals surface area contributed by atoms with E-state index in [0.29, 0.717) is 26.2 Å². The van der Waals surface area contributed by atoms with E-state index in [1.165, 1.54) is 7.11 Å². The minimum Gasteiger partial charge on any atom is -0.508 e. The normalized spacial score (nSPS) is 11.6. The number of hydrogen-bond donors (Lipinski definition) is 2. The number of ether oxygens (including phenoxy) is 2. The van der Waals surface area contributed by atoms with Gasteiger partial charge in [-0.25, -0.2) is 0 Å². The molecule has 0 aromatic heterocycles. The van der Waals surface area contributed by atoms with Gasteiger partial charge in [-0.2, -0.15) is 0 Å². The fourth-order valence-electron chi connectivity index (χ4n) is 2.08. The number of rotatable bonds is 7. The molecule has 8 heteroatoms. The highest BCUT2D eigenvalue weighted by molar-refractivity contribution is 9.11. The second kappa shape index (κ2) is 11.9. The monoisotopic (exact) mass is 522 g/mol. The van der Waals surface area contributed by atoms with Gasteiger partial charge in [-0.05, 0) is 68.1 Å². The van der Waals surface area contributed by atoms with Crippen molar-refractivity contribution < 1.29 is 24.0 Å². The summed E-state index contributed by atoms with van der Waals surface area (Å²) in [5.74, 6) is 2.21. The highest BCUT2D eigenvalue weighted by Gasteiger charge is 2.14. The molecule has 0 radical (unpaired) electrons. The van der Waals surface area contributed by atoms with E-state index < -0.39 is 8.38 Å². The number of phenols is 1. The molecule has 0 saturated heterocycles. The van der Waals surface area contributed by atoms with Crippen LogP contribution in [0.4, 0.5) is 0 Å². The Kier molecular flexibility index (Phi) is 10.6. The molecule has 0 amide bonds. The van der Waals surface area contributed by atoms with Gasteiger partial charge in [-0.3, -0.25) is 0 Å². The van der Waals surface area contributed by atoms with E-state index in [2.05, 4.69) is 31.9 Å².